The number of amides is 1. The Bertz CT molecular complexity index is 216. The third-order valence-electron chi connectivity index (χ3n) is 3.76. The number of likely N-dealkylation sites (tertiary alicyclic amines) is 2. The van der Waals surface area contributed by atoms with Gasteiger partial charge >= 0.3 is 0 Å². The van der Waals surface area contributed by atoms with Gasteiger partial charge in [-0.05, 0) is 51.7 Å². The van der Waals surface area contributed by atoms with Gasteiger partial charge in [0.05, 0.1) is 0 Å². The third-order valence-corrected chi connectivity index (χ3v) is 3.76. The van der Waals surface area contributed by atoms with Crippen LogP contribution in [-0.4, -0.2) is 48.9 Å². The van der Waals surface area contributed by atoms with Crippen LogP contribution < -0.4 is 0 Å². The van der Waals surface area contributed by atoms with Crippen molar-refractivity contribution in [2.45, 2.75) is 32.1 Å². The van der Waals surface area contributed by atoms with Crippen LogP contribution in [0.1, 0.15) is 32.1 Å². The minimum atomic E-state index is 0.405. The fourth-order valence-electron chi connectivity index (χ4n) is 2.61. The van der Waals surface area contributed by atoms with E-state index in [0.29, 0.717) is 11.8 Å². The third kappa shape index (κ3) is 2.94. The van der Waals surface area contributed by atoms with Crippen LogP contribution in [0.5, 0.6) is 0 Å². The van der Waals surface area contributed by atoms with Gasteiger partial charge in [0.25, 0.3) is 0 Å². The van der Waals surface area contributed by atoms with Gasteiger partial charge in [0.1, 0.15) is 0 Å². The van der Waals surface area contributed by atoms with Gasteiger partial charge in [-0.3, -0.25) is 4.79 Å². The van der Waals surface area contributed by atoms with E-state index in [2.05, 4.69) is 16.8 Å². The lowest BCUT2D eigenvalue weighted by atomic mass is 9.93. The lowest BCUT2D eigenvalue weighted by Gasteiger charge is -2.29. The van der Waals surface area contributed by atoms with E-state index in [4.69, 9.17) is 0 Å². The molecule has 0 aromatic heterocycles. The molecule has 3 nitrogen and oxygen atoms in total. The van der Waals surface area contributed by atoms with Crippen LogP contribution in [0, 0.1) is 5.92 Å². The Morgan fingerprint density at radius 3 is 2.33 bits per heavy atom. The van der Waals surface area contributed by atoms with E-state index in [1.807, 2.05) is 0 Å². The van der Waals surface area contributed by atoms with Gasteiger partial charge in [0, 0.05) is 19.5 Å². The summed E-state index contributed by atoms with van der Waals surface area (Å²) in [4.78, 5) is 16.3. The smallest absolute Gasteiger partial charge is 0.222 e. The Morgan fingerprint density at radius 2 is 1.73 bits per heavy atom. The van der Waals surface area contributed by atoms with Crippen molar-refractivity contribution < 1.29 is 4.79 Å². The average Bonchev–Trinajstić information content (AvgIpc) is 2.74. The second kappa shape index (κ2) is 4.97. The van der Waals surface area contributed by atoms with Crippen LogP contribution in [0.2, 0.25) is 0 Å². The van der Waals surface area contributed by atoms with Crippen LogP contribution in [0.4, 0.5) is 0 Å². The van der Waals surface area contributed by atoms with E-state index in [1.54, 1.807) is 0 Å². The Morgan fingerprint density at radius 1 is 1.13 bits per heavy atom. The van der Waals surface area contributed by atoms with Crippen LogP contribution in [0.25, 0.3) is 0 Å². The van der Waals surface area contributed by atoms with Crippen molar-refractivity contribution in [3.63, 3.8) is 0 Å². The summed E-state index contributed by atoms with van der Waals surface area (Å²) in [5.41, 5.74) is 0. The molecule has 2 fully saturated rings. The van der Waals surface area contributed by atoms with Crippen molar-refractivity contribution >= 4 is 5.91 Å². The first kappa shape index (κ1) is 10.9. The molecule has 0 saturated carbocycles. The van der Waals surface area contributed by atoms with Crippen molar-refractivity contribution in [1.29, 1.82) is 0 Å². The molecule has 0 spiro atoms. The van der Waals surface area contributed by atoms with Gasteiger partial charge in [-0.15, -0.1) is 0 Å². The maximum absolute atomic E-state index is 11.9. The molecule has 2 aliphatic rings. The SMILES string of the molecule is CN1CCC(CC(=O)N2CCCC2)CC1. The number of carbonyl (C=O) groups is 1. The number of nitrogens with zero attached hydrogens (tertiary/aromatic N) is 2. The fraction of sp³-hybridized carbons (Fsp3) is 0.917. The lowest BCUT2D eigenvalue weighted by Crippen LogP contribution is -2.34. The quantitative estimate of drug-likeness (QED) is 0.686. The summed E-state index contributed by atoms with van der Waals surface area (Å²) in [5, 5.41) is 0. The van der Waals surface area contributed by atoms with E-state index in [9.17, 15) is 4.79 Å². The van der Waals surface area contributed by atoms with Crippen molar-refractivity contribution in [1.82, 2.24) is 9.80 Å². The fourth-order valence-corrected chi connectivity index (χ4v) is 2.61. The molecule has 2 rings (SSSR count). The van der Waals surface area contributed by atoms with E-state index in [0.717, 1.165) is 32.6 Å². The molecular weight excluding hydrogens is 188 g/mol. The van der Waals surface area contributed by atoms with E-state index >= 15 is 0 Å². The summed E-state index contributed by atoms with van der Waals surface area (Å²) in [6.45, 7) is 4.34. The highest BCUT2D eigenvalue weighted by molar-refractivity contribution is 5.76. The Balaban J connectivity index is 1.74. The molecule has 0 radical (unpaired) electrons. The monoisotopic (exact) mass is 210 g/mol. The molecule has 0 aliphatic carbocycles. The normalized spacial score (nSPS) is 24.7. The number of piperidine rings is 1. The van der Waals surface area contributed by atoms with Gasteiger partial charge in [0.15, 0.2) is 0 Å². The highest BCUT2D eigenvalue weighted by Gasteiger charge is 2.23. The van der Waals surface area contributed by atoms with E-state index in [-0.39, 0.29) is 0 Å². The van der Waals surface area contributed by atoms with Crippen LogP contribution >= 0.6 is 0 Å². The highest BCUT2D eigenvalue weighted by Crippen LogP contribution is 2.21. The largest absolute Gasteiger partial charge is 0.343 e. The minimum absolute atomic E-state index is 0.405. The van der Waals surface area contributed by atoms with Crippen molar-refractivity contribution in [3.8, 4) is 0 Å². The summed E-state index contributed by atoms with van der Waals surface area (Å²) in [6, 6.07) is 0. The number of hydrogen-bond donors (Lipinski definition) is 0. The van der Waals surface area contributed by atoms with E-state index < -0.39 is 0 Å². The summed E-state index contributed by atoms with van der Waals surface area (Å²) in [5.74, 6) is 1.05. The molecule has 2 heterocycles. The van der Waals surface area contributed by atoms with Gasteiger partial charge in [-0.2, -0.15) is 0 Å². The Kier molecular flexibility index (Phi) is 3.62. The molecule has 15 heavy (non-hydrogen) atoms. The average molecular weight is 210 g/mol. The topological polar surface area (TPSA) is 23.6 Å². The van der Waals surface area contributed by atoms with Crippen LogP contribution in [0.15, 0.2) is 0 Å². The molecule has 0 aromatic rings. The van der Waals surface area contributed by atoms with Crippen molar-refractivity contribution in [2.24, 2.45) is 5.92 Å². The molecule has 2 aliphatic heterocycles. The predicted molar refractivity (Wildman–Crippen MR) is 60.7 cm³/mol. The zero-order valence-corrected chi connectivity index (χ0v) is 9.74. The zero-order chi connectivity index (χ0) is 10.7. The van der Waals surface area contributed by atoms with E-state index in [1.165, 1.54) is 25.7 Å². The first-order chi connectivity index (χ1) is 7.25. The first-order valence-corrected chi connectivity index (χ1v) is 6.22. The van der Waals surface area contributed by atoms with Crippen LogP contribution in [0.3, 0.4) is 0 Å². The predicted octanol–water partition coefficient (Wildman–Crippen LogP) is 1.34. The van der Waals surface area contributed by atoms with Gasteiger partial charge in [-0.25, -0.2) is 0 Å². The molecule has 3 heteroatoms. The molecule has 0 bridgehead atoms. The molecule has 0 unspecified atom stereocenters. The van der Waals surface area contributed by atoms with Gasteiger partial charge < -0.3 is 9.80 Å². The van der Waals surface area contributed by atoms with Crippen molar-refractivity contribution in [2.75, 3.05) is 33.2 Å². The van der Waals surface area contributed by atoms with Crippen LogP contribution in [-0.2, 0) is 4.79 Å². The van der Waals surface area contributed by atoms with Gasteiger partial charge in [-0.1, -0.05) is 0 Å². The Hall–Kier alpha value is -0.570. The number of rotatable bonds is 2. The standard InChI is InChI=1S/C12H22N2O/c1-13-8-4-11(5-9-13)10-12(15)14-6-2-3-7-14/h11H,2-10H2,1H3. The molecule has 2 saturated heterocycles. The summed E-state index contributed by atoms with van der Waals surface area (Å²) >= 11 is 0. The lowest BCUT2D eigenvalue weighted by molar-refractivity contribution is -0.131. The van der Waals surface area contributed by atoms with Gasteiger partial charge in [0.2, 0.25) is 5.91 Å². The number of carbonyl (C=O) groups excluding carboxylic acids is 1. The first-order valence-electron chi connectivity index (χ1n) is 6.22. The number of hydrogen-bond acceptors (Lipinski definition) is 2. The molecule has 0 N–H and O–H groups in total. The van der Waals surface area contributed by atoms with Crippen molar-refractivity contribution in [3.05, 3.63) is 0 Å². The summed E-state index contributed by atoms with van der Waals surface area (Å²) in [6.07, 6.45) is 5.62. The molecule has 0 atom stereocenters. The molecule has 86 valence electrons. The molecule has 0 aromatic carbocycles. The zero-order valence-electron chi connectivity index (χ0n) is 9.74. The maximum atomic E-state index is 11.9. The molecular formula is C12H22N2O. The summed E-state index contributed by atoms with van der Waals surface area (Å²) < 4.78 is 0. The highest BCUT2D eigenvalue weighted by atomic mass is 16.2. The second-order valence-corrected chi connectivity index (χ2v) is 5.04. The maximum Gasteiger partial charge on any atom is 0.222 e. The Labute approximate surface area is 92.4 Å². The molecule has 1 amide bonds. The second-order valence-electron chi connectivity index (χ2n) is 5.04. The summed E-state index contributed by atoms with van der Waals surface area (Å²) in [7, 11) is 2.17. The minimum Gasteiger partial charge on any atom is -0.343 e.